The number of hydrogen-bond donors (Lipinski definition) is 1. The number of fused-ring (bicyclic) bond motifs is 1. The zero-order valence-corrected chi connectivity index (χ0v) is 13.3. The summed E-state index contributed by atoms with van der Waals surface area (Å²) < 4.78 is 34.0. The van der Waals surface area contributed by atoms with Gasteiger partial charge in [0.25, 0.3) is 5.56 Å². The molecule has 1 aromatic rings. The second kappa shape index (κ2) is 5.45. The van der Waals surface area contributed by atoms with E-state index in [0.29, 0.717) is 6.42 Å². The van der Waals surface area contributed by atoms with Crippen LogP contribution in [0.3, 0.4) is 0 Å². The van der Waals surface area contributed by atoms with Crippen LogP contribution >= 0.6 is 23.8 Å². The summed E-state index contributed by atoms with van der Waals surface area (Å²) in [5.41, 5.74) is -1.11. The molecule has 0 saturated carbocycles. The van der Waals surface area contributed by atoms with Crippen LogP contribution < -0.4 is 11.2 Å². The van der Waals surface area contributed by atoms with E-state index in [1.165, 1.54) is 17.9 Å². The molecule has 2 aliphatic rings. The first kappa shape index (κ1) is 15.1. The average molecular weight is 383 g/mol. The molecule has 0 amide bonds. The molecule has 21 heavy (non-hydrogen) atoms. The van der Waals surface area contributed by atoms with Gasteiger partial charge in [0.05, 0.1) is 11.1 Å². The Labute approximate surface area is 126 Å². The van der Waals surface area contributed by atoms with E-state index in [1.54, 1.807) is 0 Å². The molecule has 9 nitrogen and oxygen atoms in total. The lowest BCUT2D eigenvalue weighted by molar-refractivity contribution is -0.0701. The Morgan fingerprint density at radius 3 is 2.95 bits per heavy atom. The fourth-order valence-electron chi connectivity index (χ4n) is 2.26. The number of phosphoric acid groups is 1. The number of aromatic amines is 1. The van der Waals surface area contributed by atoms with E-state index in [-0.39, 0.29) is 11.1 Å². The average Bonchev–Trinajstić information content (AvgIpc) is 2.85. The maximum absolute atomic E-state index is 11.9. The fourth-order valence-corrected chi connectivity index (χ4v) is 3.72. The number of hydrogen-bond acceptors (Lipinski definition) is 7. The van der Waals surface area contributed by atoms with Gasteiger partial charge >= 0.3 is 13.5 Å². The first-order valence-corrected chi connectivity index (χ1v) is 8.32. The molecule has 0 aliphatic carbocycles. The highest BCUT2D eigenvalue weighted by molar-refractivity contribution is 9.10. The van der Waals surface area contributed by atoms with Crippen molar-refractivity contribution in [1.82, 2.24) is 9.55 Å². The molecule has 3 rings (SSSR count). The van der Waals surface area contributed by atoms with Crippen molar-refractivity contribution in [2.24, 2.45) is 0 Å². The van der Waals surface area contributed by atoms with Crippen LogP contribution in [-0.2, 0) is 22.9 Å². The molecule has 3 heterocycles. The van der Waals surface area contributed by atoms with Gasteiger partial charge in [0.1, 0.15) is 18.4 Å². The molecule has 11 heteroatoms. The highest BCUT2D eigenvalue weighted by Gasteiger charge is 2.47. The largest absolute Gasteiger partial charge is 0.474 e. The maximum Gasteiger partial charge on any atom is 0.474 e. The first-order valence-electron chi connectivity index (χ1n) is 6.07. The van der Waals surface area contributed by atoms with Crippen LogP contribution in [0, 0.1) is 0 Å². The van der Waals surface area contributed by atoms with E-state index >= 15 is 0 Å². The van der Waals surface area contributed by atoms with Gasteiger partial charge in [-0.3, -0.25) is 27.9 Å². The topological polar surface area (TPSA) is 109 Å². The molecular formula is C10H12BrN2O7P. The number of H-pyrrole nitrogens is 1. The molecule has 0 aromatic carbocycles. The molecule has 1 N–H and O–H groups in total. The Kier molecular flexibility index (Phi) is 3.93. The van der Waals surface area contributed by atoms with Crippen LogP contribution in [0.25, 0.3) is 0 Å². The highest BCUT2D eigenvalue weighted by atomic mass is 79.9. The summed E-state index contributed by atoms with van der Waals surface area (Å²) in [5.74, 6) is 0. The molecule has 0 spiro atoms. The number of ether oxygens (including phenoxy) is 1. The standard InChI is InChI=1S/C10H12BrN2O7P/c1-17-21(16)18-4-7-6(20-21)2-8(19-7)13-3-5(11)9(14)12-10(13)15/h3,6-8H,2,4H2,1H3,(H,12,14,15)/t6-,7+,8+,21-/m0/s1. The zero-order valence-electron chi connectivity index (χ0n) is 10.9. The number of aromatic nitrogens is 2. The quantitative estimate of drug-likeness (QED) is 0.751. The van der Waals surface area contributed by atoms with E-state index in [4.69, 9.17) is 18.3 Å². The van der Waals surface area contributed by atoms with Crippen molar-refractivity contribution in [2.75, 3.05) is 13.7 Å². The van der Waals surface area contributed by atoms with Crippen LogP contribution in [0.1, 0.15) is 12.6 Å². The van der Waals surface area contributed by atoms with Gasteiger partial charge < -0.3 is 4.74 Å². The van der Waals surface area contributed by atoms with Gasteiger partial charge in [-0.15, -0.1) is 0 Å². The fraction of sp³-hybridized carbons (Fsp3) is 0.600. The van der Waals surface area contributed by atoms with Crippen molar-refractivity contribution < 1.29 is 22.9 Å². The van der Waals surface area contributed by atoms with Crippen molar-refractivity contribution in [3.05, 3.63) is 31.5 Å². The Morgan fingerprint density at radius 1 is 1.48 bits per heavy atom. The summed E-state index contributed by atoms with van der Waals surface area (Å²) in [6, 6.07) is 0. The lowest BCUT2D eigenvalue weighted by Crippen LogP contribution is -2.33. The minimum Gasteiger partial charge on any atom is -0.349 e. The van der Waals surface area contributed by atoms with Crippen molar-refractivity contribution >= 4 is 23.8 Å². The Morgan fingerprint density at radius 2 is 2.24 bits per heavy atom. The number of halogens is 1. The number of nitrogens with one attached hydrogen (secondary N) is 1. The molecule has 116 valence electrons. The third-order valence-electron chi connectivity index (χ3n) is 3.30. The van der Waals surface area contributed by atoms with Gasteiger partial charge in [0.2, 0.25) is 0 Å². The van der Waals surface area contributed by atoms with Gasteiger partial charge in [-0.05, 0) is 15.9 Å². The summed E-state index contributed by atoms with van der Waals surface area (Å²) in [5, 5.41) is 0. The number of nitrogens with zero attached hydrogens (tertiary/aromatic N) is 1. The minimum atomic E-state index is -3.55. The van der Waals surface area contributed by atoms with Gasteiger partial charge in [0.15, 0.2) is 0 Å². The van der Waals surface area contributed by atoms with Gasteiger partial charge in [-0.2, -0.15) is 0 Å². The third-order valence-corrected chi connectivity index (χ3v) is 5.31. The molecule has 0 radical (unpaired) electrons. The molecule has 2 saturated heterocycles. The van der Waals surface area contributed by atoms with Crippen LogP contribution in [0.15, 0.2) is 20.3 Å². The van der Waals surface area contributed by atoms with Crippen molar-refractivity contribution in [1.29, 1.82) is 0 Å². The van der Waals surface area contributed by atoms with E-state index in [0.717, 1.165) is 0 Å². The van der Waals surface area contributed by atoms with E-state index in [9.17, 15) is 14.2 Å². The Bertz CT molecular complexity index is 716. The monoisotopic (exact) mass is 382 g/mol. The van der Waals surface area contributed by atoms with Crippen LogP contribution in [0.2, 0.25) is 0 Å². The van der Waals surface area contributed by atoms with Crippen molar-refractivity contribution in [3.63, 3.8) is 0 Å². The Balaban J connectivity index is 1.85. The van der Waals surface area contributed by atoms with Crippen LogP contribution in [0.4, 0.5) is 0 Å². The summed E-state index contributed by atoms with van der Waals surface area (Å²) in [6.07, 6.45) is 0.0318. The van der Waals surface area contributed by atoms with Crippen molar-refractivity contribution in [2.45, 2.75) is 24.9 Å². The van der Waals surface area contributed by atoms with E-state index < -0.39 is 37.5 Å². The molecule has 0 bridgehead atoms. The summed E-state index contributed by atoms with van der Waals surface area (Å²) >= 11 is 3.05. The van der Waals surface area contributed by atoms with E-state index in [1.807, 2.05) is 0 Å². The van der Waals surface area contributed by atoms with Crippen LogP contribution in [-0.4, -0.2) is 35.5 Å². The number of rotatable bonds is 2. The lowest BCUT2D eigenvalue weighted by atomic mass is 10.2. The van der Waals surface area contributed by atoms with Gasteiger partial charge in [0, 0.05) is 19.7 Å². The lowest BCUT2D eigenvalue weighted by Gasteiger charge is -2.28. The predicted octanol–water partition coefficient (Wildman–Crippen LogP) is 0.756. The van der Waals surface area contributed by atoms with Gasteiger partial charge in [-0.25, -0.2) is 9.36 Å². The van der Waals surface area contributed by atoms with E-state index in [2.05, 4.69) is 20.9 Å². The summed E-state index contributed by atoms with van der Waals surface area (Å²) in [4.78, 5) is 25.3. The predicted molar refractivity (Wildman–Crippen MR) is 73.0 cm³/mol. The third kappa shape index (κ3) is 2.79. The number of phosphoric ester groups is 1. The maximum atomic E-state index is 11.9. The first-order chi connectivity index (χ1) is 9.92. The summed E-state index contributed by atoms with van der Waals surface area (Å²) in [7, 11) is -2.31. The molecule has 0 unspecified atom stereocenters. The van der Waals surface area contributed by atoms with Gasteiger partial charge in [-0.1, -0.05) is 0 Å². The molecule has 2 aliphatic heterocycles. The van der Waals surface area contributed by atoms with Crippen molar-refractivity contribution in [3.8, 4) is 0 Å². The molecular weight excluding hydrogens is 371 g/mol. The molecule has 4 atom stereocenters. The Hall–Kier alpha value is -0.770. The zero-order chi connectivity index (χ0) is 15.2. The summed E-state index contributed by atoms with van der Waals surface area (Å²) in [6.45, 7) is 0.0472. The highest BCUT2D eigenvalue weighted by Crippen LogP contribution is 2.55. The second-order valence-corrected chi connectivity index (χ2v) is 7.16. The second-order valence-electron chi connectivity index (χ2n) is 4.58. The minimum absolute atomic E-state index is 0.0472. The molecule has 1 aromatic heterocycles. The SMILES string of the molecule is CO[P@@]1(=O)OC[C@H]2O[C@@H](n3cc(Br)c(=O)[nH]c3=O)C[C@@H]2O1. The normalized spacial score (nSPS) is 35.6. The van der Waals surface area contributed by atoms with Crippen LogP contribution in [0.5, 0.6) is 0 Å². The molecule has 2 fully saturated rings. The smallest absolute Gasteiger partial charge is 0.349 e.